The Balaban J connectivity index is 2.01. The minimum atomic E-state index is -0.947. The zero-order valence-corrected chi connectivity index (χ0v) is 27.8. The Bertz CT molecular complexity index is 1300. The van der Waals surface area contributed by atoms with Crippen LogP contribution in [0.2, 0.25) is 0 Å². The fourth-order valence-corrected chi connectivity index (χ4v) is 5.56. The van der Waals surface area contributed by atoms with Gasteiger partial charge in [0.15, 0.2) is 0 Å². The van der Waals surface area contributed by atoms with E-state index in [4.69, 9.17) is 4.74 Å². The van der Waals surface area contributed by atoms with Crippen molar-refractivity contribution in [2.24, 2.45) is 11.8 Å². The number of carbonyl (C=O) groups excluding carboxylic acids is 4. The summed E-state index contributed by atoms with van der Waals surface area (Å²) in [5.41, 5.74) is 1.70. The average Bonchev–Trinajstić information content (AvgIpc) is 3.01. The molecule has 9 nitrogen and oxygen atoms in total. The topological polar surface area (TPSA) is 108 Å². The molecule has 0 spiro atoms. The Morgan fingerprint density at radius 3 is 1.58 bits per heavy atom. The summed E-state index contributed by atoms with van der Waals surface area (Å²) in [5, 5.41) is 5.96. The van der Waals surface area contributed by atoms with Crippen molar-refractivity contribution < 1.29 is 23.9 Å². The fraction of sp³-hybridized carbons (Fsp3) is 0.500. The van der Waals surface area contributed by atoms with Crippen molar-refractivity contribution in [1.29, 1.82) is 0 Å². The Morgan fingerprint density at radius 1 is 0.711 bits per heavy atom. The number of amides is 4. The molecule has 2 N–H and O–H groups in total. The van der Waals surface area contributed by atoms with Gasteiger partial charge in [0.05, 0.1) is 0 Å². The predicted molar refractivity (Wildman–Crippen MR) is 176 cm³/mol. The normalized spacial score (nSPS) is 22.0. The largest absolute Gasteiger partial charge is 0.490 e. The average molecular weight is 619 g/mol. The van der Waals surface area contributed by atoms with Crippen LogP contribution in [0.5, 0.6) is 5.75 Å². The molecule has 0 aliphatic carbocycles. The van der Waals surface area contributed by atoms with E-state index < -0.39 is 36.0 Å². The molecule has 9 heteroatoms. The Kier molecular flexibility index (Phi) is 13.2. The molecule has 1 aliphatic heterocycles. The summed E-state index contributed by atoms with van der Waals surface area (Å²) in [5.74, 6) is -0.633. The van der Waals surface area contributed by atoms with E-state index in [1.807, 2.05) is 101 Å². The van der Waals surface area contributed by atoms with Crippen LogP contribution in [0.4, 0.5) is 0 Å². The van der Waals surface area contributed by atoms with Crippen LogP contribution in [0.25, 0.3) is 0 Å². The molecule has 0 bridgehead atoms. The maximum Gasteiger partial charge on any atom is 0.245 e. The summed E-state index contributed by atoms with van der Waals surface area (Å²) < 4.78 is 5.71. The van der Waals surface area contributed by atoms with E-state index in [2.05, 4.69) is 10.6 Å². The summed E-state index contributed by atoms with van der Waals surface area (Å²) in [6.07, 6.45) is 5.08. The highest BCUT2D eigenvalue weighted by atomic mass is 16.5. The Labute approximate surface area is 268 Å². The molecular formula is C36H50N4O5. The van der Waals surface area contributed by atoms with Crippen LogP contribution in [0.3, 0.4) is 0 Å². The lowest BCUT2D eigenvalue weighted by molar-refractivity contribution is -0.148. The smallest absolute Gasteiger partial charge is 0.245 e. The maximum atomic E-state index is 14.2. The second-order valence-electron chi connectivity index (χ2n) is 12.7. The molecule has 0 unspecified atom stereocenters. The van der Waals surface area contributed by atoms with Crippen molar-refractivity contribution in [3.05, 3.63) is 77.9 Å². The lowest BCUT2D eigenvalue weighted by atomic mass is 9.96. The van der Waals surface area contributed by atoms with Crippen LogP contribution in [0.1, 0.15) is 58.6 Å². The monoisotopic (exact) mass is 618 g/mol. The third-order valence-electron chi connectivity index (χ3n) is 8.08. The van der Waals surface area contributed by atoms with Gasteiger partial charge < -0.3 is 25.2 Å². The van der Waals surface area contributed by atoms with Crippen molar-refractivity contribution in [3.63, 3.8) is 0 Å². The summed E-state index contributed by atoms with van der Waals surface area (Å²) >= 11 is 0. The van der Waals surface area contributed by atoms with Gasteiger partial charge in [-0.25, -0.2) is 0 Å². The molecule has 1 heterocycles. The molecule has 3 rings (SSSR count). The molecule has 2 aromatic carbocycles. The third-order valence-corrected chi connectivity index (χ3v) is 8.08. The van der Waals surface area contributed by atoms with Crippen molar-refractivity contribution in [2.45, 2.75) is 84.5 Å². The number of hydrogen-bond donors (Lipinski definition) is 2. The molecule has 4 atom stereocenters. The molecule has 1 aliphatic rings. The van der Waals surface area contributed by atoms with Gasteiger partial charge >= 0.3 is 0 Å². The highest BCUT2D eigenvalue weighted by Gasteiger charge is 2.39. The number of nitrogens with one attached hydrogen (secondary N) is 2. The Morgan fingerprint density at radius 2 is 1.16 bits per heavy atom. The predicted octanol–water partition coefficient (Wildman–Crippen LogP) is 4.16. The van der Waals surface area contributed by atoms with E-state index in [9.17, 15) is 19.2 Å². The number of benzene rings is 2. The molecule has 4 amide bonds. The second kappa shape index (κ2) is 16.8. The highest BCUT2D eigenvalue weighted by molar-refractivity contribution is 5.97. The lowest BCUT2D eigenvalue weighted by Crippen LogP contribution is -2.62. The van der Waals surface area contributed by atoms with E-state index in [1.54, 1.807) is 14.1 Å². The number of allylic oxidation sites excluding steroid dienone is 1. The van der Waals surface area contributed by atoms with Gasteiger partial charge in [-0.05, 0) is 54.9 Å². The van der Waals surface area contributed by atoms with Gasteiger partial charge in [-0.2, -0.15) is 0 Å². The standard InChI is InChI=1S/C36H50N4O5/c1-8-9-19-45-28-17-15-27(16-18-28)23-30-36(44)40(7)31(20-24(2)3)33(41)37-29(22-26-13-11-10-12-14-26)35(43)39(6)32(21-25(4)5)34(42)38-30/h8-18,24-25,29-32H,19-23H2,1-7H3,(H,37,41)(H,38,42)/b9-8+/t29-,30-,31-,32-/m0/s1. The van der Waals surface area contributed by atoms with Crippen molar-refractivity contribution >= 4 is 23.6 Å². The zero-order chi connectivity index (χ0) is 33.1. The van der Waals surface area contributed by atoms with Crippen LogP contribution in [0.15, 0.2) is 66.7 Å². The van der Waals surface area contributed by atoms with E-state index in [-0.39, 0.29) is 36.5 Å². The van der Waals surface area contributed by atoms with Gasteiger partial charge in [0.2, 0.25) is 23.6 Å². The summed E-state index contributed by atoms with van der Waals surface area (Å²) in [7, 11) is 3.20. The van der Waals surface area contributed by atoms with Gasteiger partial charge in [-0.1, -0.05) is 82.3 Å². The van der Waals surface area contributed by atoms with Crippen LogP contribution in [-0.4, -0.2) is 78.3 Å². The van der Waals surface area contributed by atoms with Crippen molar-refractivity contribution in [1.82, 2.24) is 20.4 Å². The van der Waals surface area contributed by atoms with E-state index >= 15 is 0 Å². The van der Waals surface area contributed by atoms with E-state index in [0.29, 0.717) is 25.2 Å². The molecular weight excluding hydrogens is 568 g/mol. The highest BCUT2D eigenvalue weighted by Crippen LogP contribution is 2.20. The Hall–Kier alpha value is -4.14. The van der Waals surface area contributed by atoms with Crippen molar-refractivity contribution in [3.8, 4) is 5.75 Å². The molecule has 1 saturated heterocycles. The van der Waals surface area contributed by atoms with Crippen molar-refractivity contribution in [2.75, 3.05) is 20.7 Å². The third kappa shape index (κ3) is 10.2. The van der Waals surface area contributed by atoms with Crippen LogP contribution in [0, 0.1) is 11.8 Å². The number of rotatable bonds is 11. The van der Waals surface area contributed by atoms with Gasteiger partial charge in [-0.15, -0.1) is 0 Å². The lowest BCUT2D eigenvalue weighted by Gasteiger charge is -2.37. The molecule has 1 fully saturated rings. The number of hydrogen-bond acceptors (Lipinski definition) is 5. The summed E-state index contributed by atoms with van der Waals surface area (Å²) in [6, 6.07) is 13.4. The summed E-state index contributed by atoms with van der Waals surface area (Å²) in [6.45, 7) is 10.3. The SMILES string of the molecule is C/C=C/COc1ccc(C[C@@H]2NC(=O)[C@H](CC(C)C)N(C)C(=O)[C@H](Cc3ccccc3)NC(=O)[C@H](CC(C)C)N(C)C2=O)cc1. The number of carbonyl (C=O) groups is 4. The zero-order valence-electron chi connectivity index (χ0n) is 27.8. The molecule has 0 saturated carbocycles. The van der Waals surface area contributed by atoms with Gasteiger partial charge in [0, 0.05) is 26.9 Å². The summed E-state index contributed by atoms with van der Waals surface area (Å²) in [4.78, 5) is 59.0. The first-order valence-electron chi connectivity index (χ1n) is 15.9. The fourth-order valence-electron chi connectivity index (χ4n) is 5.56. The number of ether oxygens (including phenoxy) is 1. The minimum Gasteiger partial charge on any atom is -0.490 e. The van der Waals surface area contributed by atoms with E-state index in [1.165, 1.54) is 9.80 Å². The second-order valence-corrected chi connectivity index (χ2v) is 12.7. The number of nitrogens with zero attached hydrogens (tertiary/aromatic N) is 2. The molecule has 2 aromatic rings. The molecule has 0 aromatic heterocycles. The van der Waals surface area contributed by atoms with Crippen LogP contribution in [-0.2, 0) is 32.0 Å². The van der Waals surface area contributed by atoms with E-state index in [0.717, 1.165) is 11.1 Å². The first-order valence-corrected chi connectivity index (χ1v) is 15.9. The first-order chi connectivity index (χ1) is 21.4. The molecule has 45 heavy (non-hydrogen) atoms. The number of likely N-dealkylation sites (N-methyl/N-ethyl adjacent to an activating group) is 2. The minimum absolute atomic E-state index is 0.0911. The molecule has 0 radical (unpaired) electrons. The van der Waals surface area contributed by atoms with Crippen LogP contribution >= 0.6 is 0 Å². The van der Waals surface area contributed by atoms with Gasteiger partial charge in [0.1, 0.15) is 36.5 Å². The van der Waals surface area contributed by atoms with Gasteiger partial charge in [0.25, 0.3) is 0 Å². The quantitative estimate of drug-likeness (QED) is 0.368. The maximum absolute atomic E-state index is 14.2. The first kappa shape index (κ1) is 35.3. The van der Waals surface area contributed by atoms with Gasteiger partial charge in [-0.3, -0.25) is 19.2 Å². The van der Waals surface area contributed by atoms with Crippen LogP contribution < -0.4 is 15.4 Å². The molecule has 244 valence electrons.